The molecule has 114 valence electrons. The van der Waals surface area contributed by atoms with Crippen LogP contribution >= 0.6 is 11.3 Å². The average Bonchev–Trinajstić information content (AvgIpc) is 3.18. The minimum absolute atomic E-state index is 0.119. The van der Waals surface area contributed by atoms with Crippen LogP contribution in [0.1, 0.15) is 5.56 Å². The van der Waals surface area contributed by atoms with E-state index in [9.17, 15) is 5.11 Å². The van der Waals surface area contributed by atoms with Gasteiger partial charge in [0, 0.05) is 19.7 Å². The van der Waals surface area contributed by atoms with E-state index in [2.05, 4.69) is 15.4 Å². The van der Waals surface area contributed by atoms with Crippen LogP contribution in [0.4, 0.5) is 5.13 Å². The maximum absolute atomic E-state index is 9.82. The molecule has 3 rings (SSSR count). The van der Waals surface area contributed by atoms with Crippen molar-refractivity contribution in [3.05, 3.63) is 36.1 Å². The third-order valence-corrected chi connectivity index (χ3v) is 4.12. The highest BCUT2D eigenvalue weighted by Gasteiger charge is 2.13. The van der Waals surface area contributed by atoms with E-state index in [1.165, 1.54) is 24.7 Å². The number of benzene rings is 1. The largest absolute Gasteiger partial charge is 0.504 e. The lowest BCUT2D eigenvalue weighted by molar-refractivity contribution is 0.373. The van der Waals surface area contributed by atoms with Crippen molar-refractivity contribution in [1.82, 2.24) is 15.4 Å². The van der Waals surface area contributed by atoms with Crippen LogP contribution in [0.2, 0.25) is 0 Å². The molecule has 0 aliphatic heterocycles. The van der Waals surface area contributed by atoms with Crippen LogP contribution in [0.15, 0.2) is 35.1 Å². The topological polar surface area (TPSA) is 84.5 Å². The first-order valence-corrected chi connectivity index (χ1v) is 7.30. The van der Waals surface area contributed by atoms with E-state index in [0.717, 1.165) is 10.7 Å². The van der Waals surface area contributed by atoms with Crippen LogP contribution in [0, 0.1) is 0 Å². The summed E-state index contributed by atoms with van der Waals surface area (Å²) in [6.07, 6.45) is 1.50. The molecule has 0 aliphatic carbocycles. The number of anilines is 1. The van der Waals surface area contributed by atoms with Gasteiger partial charge in [-0.05, 0) is 17.7 Å². The molecule has 2 heterocycles. The molecule has 0 bridgehead atoms. The fraction of sp³-hybridized carbons (Fsp3) is 0.214. The summed E-state index contributed by atoms with van der Waals surface area (Å²) in [4.78, 5) is 1.95. The fourth-order valence-electron chi connectivity index (χ4n) is 1.97. The molecule has 1 N–H and O–H groups in total. The molecule has 0 saturated heterocycles. The van der Waals surface area contributed by atoms with Gasteiger partial charge in [0.1, 0.15) is 12.0 Å². The maximum atomic E-state index is 9.82. The molecule has 0 amide bonds. The van der Waals surface area contributed by atoms with Crippen molar-refractivity contribution in [3.63, 3.8) is 0 Å². The summed E-state index contributed by atoms with van der Waals surface area (Å²) in [7, 11) is 3.43. The summed E-state index contributed by atoms with van der Waals surface area (Å²) < 4.78 is 9.84. The zero-order valence-electron chi connectivity index (χ0n) is 12.1. The van der Waals surface area contributed by atoms with Gasteiger partial charge in [-0.1, -0.05) is 22.6 Å². The summed E-state index contributed by atoms with van der Waals surface area (Å²) in [5.74, 6) is 0.574. The number of aromatic nitrogens is 3. The van der Waals surface area contributed by atoms with E-state index >= 15 is 0 Å². The summed E-state index contributed by atoms with van der Waals surface area (Å²) in [5.41, 5.74) is 1.61. The monoisotopic (exact) mass is 318 g/mol. The summed E-state index contributed by atoms with van der Waals surface area (Å²) >= 11 is 1.42. The Morgan fingerprint density at radius 3 is 2.86 bits per heavy atom. The highest BCUT2D eigenvalue weighted by molar-refractivity contribution is 7.18. The van der Waals surface area contributed by atoms with Gasteiger partial charge in [0.15, 0.2) is 16.5 Å². The van der Waals surface area contributed by atoms with E-state index in [1.54, 1.807) is 18.2 Å². The molecular weight excluding hydrogens is 304 g/mol. The molecule has 0 radical (unpaired) electrons. The average molecular weight is 318 g/mol. The lowest BCUT2D eigenvalue weighted by Gasteiger charge is -2.15. The minimum Gasteiger partial charge on any atom is -0.504 e. The molecule has 0 atom stereocenters. The number of methoxy groups -OCH3 is 1. The lowest BCUT2D eigenvalue weighted by Crippen LogP contribution is -2.16. The molecular formula is C14H14N4O3S. The number of ether oxygens (including phenoxy) is 1. The van der Waals surface area contributed by atoms with E-state index in [1.807, 2.05) is 18.0 Å². The zero-order chi connectivity index (χ0) is 15.5. The Morgan fingerprint density at radius 1 is 1.32 bits per heavy atom. The molecule has 8 heteroatoms. The zero-order valence-corrected chi connectivity index (χ0v) is 12.9. The smallest absolute Gasteiger partial charge is 0.208 e. The molecule has 0 fully saturated rings. The number of aromatic hydroxyl groups is 1. The van der Waals surface area contributed by atoms with Crippen molar-refractivity contribution in [2.24, 2.45) is 0 Å². The molecule has 0 aliphatic rings. The molecule has 0 unspecified atom stereocenters. The third-order valence-electron chi connectivity index (χ3n) is 3.06. The van der Waals surface area contributed by atoms with Gasteiger partial charge in [-0.25, -0.2) is 0 Å². The second kappa shape index (κ2) is 6.02. The highest BCUT2D eigenvalue weighted by atomic mass is 32.1. The summed E-state index contributed by atoms with van der Waals surface area (Å²) in [5, 5.41) is 23.4. The van der Waals surface area contributed by atoms with Crippen LogP contribution in [0.25, 0.3) is 10.7 Å². The van der Waals surface area contributed by atoms with E-state index in [-0.39, 0.29) is 5.75 Å². The molecule has 1 aromatic carbocycles. The first-order valence-electron chi connectivity index (χ1n) is 6.48. The SMILES string of the molecule is COc1ccc(CN(C)c2nnc(-c3ccon3)s2)cc1O. The van der Waals surface area contributed by atoms with Crippen LogP contribution in [0.3, 0.4) is 0 Å². The standard InChI is InChI=1S/C14H14N4O3S/c1-18(8-9-3-4-12(20-2)11(19)7-9)14-16-15-13(22-14)10-5-6-21-17-10/h3-7,19H,8H2,1-2H3. The van der Waals surface area contributed by atoms with E-state index in [4.69, 9.17) is 9.26 Å². The predicted molar refractivity (Wildman–Crippen MR) is 82.2 cm³/mol. The van der Waals surface area contributed by atoms with Crippen LogP contribution in [-0.4, -0.2) is 34.6 Å². The van der Waals surface area contributed by atoms with Crippen LogP contribution in [0.5, 0.6) is 11.5 Å². The lowest BCUT2D eigenvalue weighted by atomic mass is 10.2. The quantitative estimate of drug-likeness (QED) is 0.773. The second-order valence-corrected chi connectivity index (χ2v) is 5.59. The number of hydrogen-bond donors (Lipinski definition) is 1. The molecule has 3 aromatic rings. The Hall–Kier alpha value is -2.61. The summed E-state index contributed by atoms with van der Waals surface area (Å²) in [6.45, 7) is 0.588. The third kappa shape index (κ3) is 2.86. The second-order valence-electron chi connectivity index (χ2n) is 4.64. The van der Waals surface area contributed by atoms with Crippen molar-refractivity contribution < 1.29 is 14.4 Å². The maximum Gasteiger partial charge on any atom is 0.208 e. The van der Waals surface area contributed by atoms with Crippen molar-refractivity contribution in [2.45, 2.75) is 6.54 Å². The molecule has 7 nitrogen and oxygen atoms in total. The molecule has 0 spiro atoms. The number of phenols is 1. The Labute approximate surface area is 130 Å². The highest BCUT2D eigenvalue weighted by Crippen LogP contribution is 2.30. The number of hydrogen-bond acceptors (Lipinski definition) is 8. The first-order chi connectivity index (χ1) is 10.7. The van der Waals surface area contributed by atoms with Crippen molar-refractivity contribution in [3.8, 4) is 22.2 Å². The van der Waals surface area contributed by atoms with Gasteiger partial charge in [-0.2, -0.15) is 0 Å². The Bertz CT molecular complexity index is 757. The van der Waals surface area contributed by atoms with Gasteiger partial charge in [-0.3, -0.25) is 0 Å². The van der Waals surface area contributed by atoms with Gasteiger partial charge in [0.05, 0.1) is 7.11 Å². The van der Waals surface area contributed by atoms with Crippen LogP contribution < -0.4 is 9.64 Å². The van der Waals surface area contributed by atoms with E-state index < -0.39 is 0 Å². The Balaban J connectivity index is 1.74. The van der Waals surface area contributed by atoms with Crippen molar-refractivity contribution in [1.29, 1.82) is 0 Å². The van der Waals surface area contributed by atoms with E-state index in [0.29, 0.717) is 23.0 Å². The predicted octanol–water partition coefficient (Wildman–Crippen LogP) is 2.54. The Kier molecular flexibility index (Phi) is 3.92. The first kappa shape index (κ1) is 14.3. The number of rotatable bonds is 5. The molecule has 0 saturated carbocycles. The number of nitrogens with zero attached hydrogens (tertiary/aromatic N) is 4. The van der Waals surface area contributed by atoms with Gasteiger partial charge in [0.2, 0.25) is 5.13 Å². The number of phenolic OH excluding ortho intramolecular Hbond substituents is 1. The normalized spacial score (nSPS) is 10.6. The summed E-state index contributed by atoms with van der Waals surface area (Å²) in [6, 6.07) is 7.05. The van der Waals surface area contributed by atoms with Gasteiger partial charge in [-0.15, -0.1) is 10.2 Å². The fourth-order valence-corrected chi connectivity index (χ4v) is 2.74. The minimum atomic E-state index is 0.119. The Morgan fingerprint density at radius 2 is 2.18 bits per heavy atom. The molecule has 22 heavy (non-hydrogen) atoms. The van der Waals surface area contributed by atoms with Gasteiger partial charge in [0.25, 0.3) is 0 Å². The van der Waals surface area contributed by atoms with Gasteiger partial charge >= 0.3 is 0 Å². The van der Waals surface area contributed by atoms with Crippen LogP contribution in [-0.2, 0) is 6.54 Å². The van der Waals surface area contributed by atoms with Gasteiger partial charge < -0.3 is 19.3 Å². The molecule has 2 aromatic heterocycles. The van der Waals surface area contributed by atoms with Crippen molar-refractivity contribution >= 4 is 16.5 Å². The van der Waals surface area contributed by atoms with Crippen molar-refractivity contribution in [2.75, 3.05) is 19.1 Å².